The number of aliphatic hydroxyl groups is 1. The Labute approximate surface area is 299 Å². The second-order valence-electron chi connectivity index (χ2n) is 13.7. The van der Waals surface area contributed by atoms with E-state index in [9.17, 15) is 19.5 Å². The number of carbonyl (C=O) groups is 4. The first kappa shape index (κ1) is 34.1. The van der Waals surface area contributed by atoms with Gasteiger partial charge in [0.1, 0.15) is 29.8 Å². The SMILES string of the molecule is CC(C)[C@H](CO)N1C(=O)[C@@H]2[C@H]3C(=O)O[C@@H](c4ccccc4)CNC(=O)CC/C=C\CN(c4ccc5ccccc5c4)C(=O)[C@@H]1[C@]21C=C(Br)[C@H]3O1. The van der Waals surface area contributed by atoms with Crippen molar-refractivity contribution in [1.29, 1.82) is 0 Å². The predicted octanol–water partition coefficient (Wildman–Crippen LogP) is 4.81. The third-order valence-corrected chi connectivity index (χ3v) is 11.1. The molecule has 2 N–H and O–H groups in total. The maximum atomic E-state index is 15.2. The Morgan fingerprint density at radius 1 is 0.960 bits per heavy atom. The van der Waals surface area contributed by atoms with Crippen LogP contribution in [0.2, 0.25) is 0 Å². The number of halogens is 1. The van der Waals surface area contributed by atoms with Gasteiger partial charge in [-0.25, -0.2) is 0 Å². The second-order valence-corrected chi connectivity index (χ2v) is 14.6. The molecule has 4 heterocycles. The van der Waals surface area contributed by atoms with Gasteiger partial charge < -0.3 is 29.7 Å². The normalized spacial score (nSPS) is 29.9. The molecule has 4 aliphatic rings. The van der Waals surface area contributed by atoms with E-state index in [0.29, 0.717) is 22.2 Å². The minimum atomic E-state index is -1.51. The number of aliphatic hydroxyl groups excluding tert-OH is 1. The highest BCUT2D eigenvalue weighted by Crippen LogP contribution is 2.59. The monoisotopic (exact) mass is 741 g/mol. The summed E-state index contributed by atoms with van der Waals surface area (Å²) in [5, 5.41) is 15.5. The van der Waals surface area contributed by atoms with E-state index in [-0.39, 0.29) is 37.9 Å². The molecule has 2 saturated heterocycles. The van der Waals surface area contributed by atoms with Gasteiger partial charge in [0.05, 0.1) is 25.1 Å². The number of carbonyl (C=O) groups excluding carboxylic acids is 4. The molecule has 4 aliphatic heterocycles. The van der Waals surface area contributed by atoms with Gasteiger partial charge in [0.25, 0.3) is 5.91 Å². The first-order chi connectivity index (χ1) is 24.1. The fraction of sp³-hybridized carbons (Fsp3) is 0.385. The molecule has 260 valence electrons. The highest BCUT2D eigenvalue weighted by atomic mass is 79.9. The topological polar surface area (TPSA) is 125 Å². The molecule has 50 heavy (non-hydrogen) atoms. The molecule has 0 saturated carbocycles. The van der Waals surface area contributed by atoms with Crippen LogP contribution in [0.25, 0.3) is 10.8 Å². The third kappa shape index (κ3) is 5.84. The van der Waals surface area contributed by atoms with Crippen molar-refractivity contribution in [3.8, 4) is 0 Å². The number of fused-ring (bicyclic) bond motifs is 3. The minimum absolute atomic E-state index is 0.0419. The molecule has 0 aliphatic carbocycles. The lowest BCUT2D eigenvalue weighted by Crippen LogP contribution is -2.59. The number of cyclic esters (lactones) is 1. The summed E-state index contributed by atoms with van der Waals surface area (Å²) in [5.74, 6) is -4.12. The summed E-state index contributed by atoms with van der Waals surface area (Å²) in [5.41, 5.74) is -0.207. The first-order valence-corrected chi connectivity index (χ1v) is 17.9. The van der Waals surface area contributed by atoms with Crippen molar-refractivity contribution in [1.82, 2.24) is 10.2 Å². The highest BCUT2D eigenvalue weighted by molar-refractivity contribution is 9.11. The molecular weight excluding hydrogens is 702 g/mol. The molecule has 2 fully saturated rings. The number of hydrogen-bond acceptors (Lipinski definition) is 7. The van der Waals surface area contributed by atoms with Crippen LogP contribution in [0.5, 0.6) is 0 Å². The number of amides is 3. The van der Waals surface area contributed by atoms with Gasteiger partial charge >= 0.3 is 5.97 Å². The predicted molar refractivity (Wildman–Crippen MR) is 191 cm³/mol. The van der Waals surface area contributed by atoms with E-state index in [2.05, 4.69) is 21.2 Å². The summed E-state index contributed by atoms with van der Waals surface area (Å²) in [6.45, 7) is 3.58. The van der Waals surface area contributed by atoms with Gasteiger partial charge in [-0.15, -0.1) is 0 Å². The van der Waals surface area contributed by atoms with Gasteiger partial charge in [0.2, 0.25) is 11.8 Å². The second kappa shape index (κ2) is 13.8. The van der Waals surface area contributed by atoms with E-state index in [4.69, 9.17) is 9.47 Å². The van der Waals surface area contributed by atoms with Crippen LogP contribution in [0.4, 0.5) is 5.69 Å². The Bertz CT molecular complexity index is 1880. The smallest absolute Gasteiger partial charge is 0.313 e. The molecule has 0 unspecified atom stereocenters. The quantitative estimate of drug-likeness (QED) is 0.284. The fourth-order valence-electron chi connectivity index (χ4n) is 7.92. The zero-order valence-electron chi connectivity index (χ0n) is 27.9. The van der Waals surface area contributed by atoms with Crippen LogP contribution in [0.3, 0.4) is 0 Å². The number of allylic oxidation sites excluding steroid dienone is 1. The van der Waals surface area contributed by atoms with Crippen LogP contribution in [0.15, 0.2) is 95.5 Å². The summed E-state index contributed by atoms with van der Waals surface area (Å²) < 4.78 is 13.4. The Morgan fingerprint density at radius 3 is 2.44 bits per heavy atom. The largest absolute Gasteiger partial charge is 0.455 e. The summed E-state index contributed by atoms with van der Waals surface area (Å²) in [6, 6.07) is 20.8. The summed E-state index contributed by atoms with van der Waals surface area (Å²) in [7, 11) is 0. The van der Waals surface area contributed by atoms with E-state index in [1.165, 1.54) is 4.90 Å². The molecular formula is C39H40BrN3O7. The average molecular weight is 743 g/mol. The highest BCUT2D eigenvalue weighted by Gasteiger charge is 2.75. The molecule has 5 bridgehead atoms. The number of rotatable bonds is 5. The van der Waals surface area contributed by atoms with E-state index < -0.39 is 59.5 Å². The molecule has 11 heteroatoms. The van der Waals surface area contributed by atoms with E-state index >= 15 is 4.79 Å². The average Bonchev–Trinajstić information content (AvgIpc) is 3.71. The molecule has 3 aromatic rings. The van der Waals surface area contributed by atoms with Crippen molar-refractivity contribution in [2.45, 2.75) is 56.6 Å². The molecule has 7 rings (SSSR count). The Morgan fingerprint density at radius 2 is 1.70 bits per heavy atom. The number of ether oxygens (including phenoxy) is 2. The molecule has 7 atom stereocenters. The van der Waals surface area contributed by atoms with Crippen molar-refractivity contribution >= 4 is 56.1 Å². The van der Waals surface area contributed by atoms with Crippen molar-refractivity contribution in [2.24, 2.45) is 17.8 Å². The van der Waals surface area contributed by atoms with Crippen LogP contribution in [-0.2, 0) is 28.7 Å². The van der Waals surface area contributed by atoms with Gasteiger partial charge in [-0.1, -0.05) is 103 Å². The zero-order chi connectivity index (χ0) is 35.2. The zero-order valence-corrected chi connectivity index (χ0v) is 29.5. The molecule has 3 amide bonds. The molecule has 3 aromatic carbocycles. The summed E-state index contributed by atoms with van der Waals surface area (Å²) in [4.78, 5) is 60.3. The van der Waals surface area contributed by atoms with Crippen LogP contribution in [0.1, 0.15) is 38.4 Å². The van der Waals surface area contributed by atoms with Crippen molar-refractivity contribution in [3.05, 3.63) is 101 Å². The molecule has 1 spiro atoms. The number of hydrogen-bond donors (Lipinski definition) is 2. The number of likely N-dealkylation sites (tertiary alicyclic amines) is 1. The third-order valence-electron chi connectivity index (χ3n) is 10.4. The van der Waals surface area contributed by atoms with Crippen LogP contribution < -0.4 is 10.2 Å². The van der Waals surface area contributed by atoms with E-state index in [1.807, 2.05) is 98.8 Å². The lowest BCUT2D eigenvalue weighted by atomic mass is 9.74. The van der Waals surface area contributed by atoms with Crippen molar-refractivity contribution in [3.63, 3.8) is 0 Å². The number of nitrogens with zero attached hydrogens (tertiary/aromatic N) is 2. The summed E-state index contributed by atoms with van der Waals surface area (Å²) in [6.07, 6.45) is 4.41. The van der Waals surface area contributed by atoms with Gasteiger partial charge in [-0.3, -0.25) is 19.2 Å². The number of anilines is 1. The van der Waals surface area contributed by atoms with E-state index in [1.54, 1.807) is 11.0 Å². The number of nitrogens with one attached hydrogen (secondary N) is 1. The van der Waals surface area contributed by atoms with E-state index in [0.717, 1.165) is 10.8 Å². The summed E-state index contributed by atoms with van der Waals surface area (Å²) >= 11 is 3.61. The van der Waals surface area contributed by atoms with Crippen molar-refractivity contribution in [2.75, 3.05) is 24.6 Å². The number of esters is 1. The van der Waals surface area contributed by atoms with Crippen LogP contribution >= 0.6 is 15.9 Å². The van der Waals surface area contributed by atoms with Gasteiger partial charge in [-0.05, 0) is 46.9 Å². The molecule has 10 nitrogen and oxygen atoms in total. The molecule has 0 aromatic heterocycles. The van der Waals surface area contributed by atoms with Crippen LogP contribution in [0, 0.1) is 17.8 Å². The van der Waals surface area contributed by atoms with Gasteiger partial charge in [0.15, 0.2) is 0 Å². The minimum Gasteiger partial charge on any atom is -0.455 e. The Kier molecular flexibility index (Phi) is 9.40. The maximum absolute atomic E-state index is 15.2. The Hall–Kier alpha value is -4.32. The molecule has 0 radical (unpaired) electrons. The fourth-order valence-corrected chi connectivity index (χ4v) is 8.66. The standard InChI is InChI=1S/C39H40BrN3O7/c1-23(2)29(22-44)43-35-37(47)42(27-17-16-24-11-8-9-14-26(24)19-27)18-10-4-7-15-31(45)41-21-30(25-12-5-3-6-13-25)49-38(48)32-33(36(43)46)39(35)20-28(40)34(32)50-39/h3-6,8-14,16-17,19-20,23,29-30,32-35,44H,7,15,18,21-22H2,1-2H3,(H,41,45)/b10-4-/t29-,30+,32+,33-,34+,35+,39-/m0/s1. The van der Waals surface area contributed by atoms with Crippen LogP contribution in [-0.4, -0.2) is 77.2 Å². The van der Waals surface area contributed by atoms with Crippen molar-refractivity contribution < 1.29 is 33.8 Å². The number of benzene rings is 3. The first-order valence-electron chi connectivity index (χ1n) is 17.1. The maximum Gasteiger partial charge on any atom is 0.313 e. The lowest BCUT2D eigenvalue weighted by Gasteiger charge is -2.40. The van der Waals surface area contributed by atoms with Gasteiger partial charge in [0, 0.05) is 23.1 Å². The van der Waals surface area contributed by atoms with Gasteiger partial charge in [-0.2, -0.15) is 0 Å². The lowest BCUT2D eigenvalue weighted by molar-refractivity contribution is -0.160. The Balaban J connectivity index is 1.37.